The molecule has 7 nitrogen and oxygen atoms in total. The molecule has 2 rings (SSSR count). The zero-order valence-electron chi connectivity index (χ0n) is 10.7. The summed E-state index contributed by atoms with van der Waals surface area (Å²) in [5.74, 6) is -1.12. The van der Waals surface area contributed by atoms with Gasteiger partial charge in [-0.2, -0.15) is 0 Å². The Hall–Kier alpha value is -2.67. The molecule has 0 bridgehead atoms. The third-order valence-corrected chi connectivity index (χ3v) is 2.69. The predicted molar refractivity (Wildman–Crippen MR) is 76.3 cm³/mol. The molecule has 0 saturated carbocycles. The lowest BCUT2D eigenvalue weighted by atomic mass is 10.2. The van der Waals surface area contributed by atoms with Gasteiger partial charge in [0.1, 0.15) is 6.33 Å². The van der Waals surface area contributed by atoms with Gasteiger partial charge in [-0.25, -0.2) is 19.6 Å². The zero-order chi connectivity index (χ0) is 15.2. The van der Waals surface area contributed by atoms with Crippen molar-refractivity contribution in [2.45, 2.75) is 6.54 Å². The van der Waals surface area contributed by atoms with Gasteiger partial charge in [-0.3, -0.25) is 0 Å². The van der Waals surface area contributed by atoms with Crippen molar-refractivity contribution in [1.82, 2.24) is 15.3 Å². The number of benzene rings is 1. The molecule has 0 aliphatic heterocycles. The minimum atomic E-state index is -1.12. The van der Waals surface area contributed by atoms with Crippen LogP contribution < -0.4 is 10.6 Å². The normalized spacial score (nSPS) is 9.95. The fourth-order valence-electron chi connectivity index (χ4n) is 1.55. The van der Waals surface area contributed by atoms with Gasteiger partial charge in [-0.15, -0.1) is 0 Å². The van der Waals surface area contributed by atoms with E-state index in [2.05, 4.69) is 20.6 Å². The van der Waals surface area contributed by atoms with Crippen molar-refractivity contribution in [3.05, 3.63) is 53.1 Å². The number of carboxylic acids is 1. The lowest BCUT2D eigenvalue weighted by Crippen LogP contribution is -2.28. The summed E-state index contributed by atoms with van der Waals surface area (Å²) in [6, 6.07) is 5.25. The number of anilines is 1. The Morgan fingerprint density at radius 1 is 1.29 bits per heavy atom. The molecule has 0 aliphatic carbocycles. The number of aromatic carboxylic acids is 1. The summed E-state index contributed by atoms with van der Waals surface area (Å²) < 4.78 is 0. The van der Waals surface area contributed by atoms with Gasteiger partial charge in [0.15, 0.2) is 0 Å². The molecule has 2 amide bonds. The predicted octanol–water partition coefficient (Wildman–Crippen LogP) is 2.15. The van der Waals surface area contributed by atoms with Gasteiger partial charge in [-0.1, -0.05) is 11.6 Å². The first kappa shape index (κ1) is 14.7. The molecule has 0 radical (unpaired) electrons. The van der Waals surface area contributed by atoms with Gasteiger partial charge in [0.2, 0.25) is 0 Å². The van der Waals surface area contributed by atoms with Crippen LogP contribution in [0.3, 0.4) is 0 Å². The molecule has 0 spiro atoms. The van der Waals surface area contributed by atoms with Crippen LogP contribution in [-0.2, 0) is 6.54 Å². The molecule has 0 atom stereocenters. The van der Waals surface area contributed by atoms with Crippen LogP contribution >= 0.6 is 11.6 Å². The Kier molecular flexibility index (Phi) is 4.68. The Balaban J connectivity index is 1.98. The standard InChI is InChI=1S/C13H11ClN4O3/c14-9-3-8(12(19)20)4-11(5-9)18-13(21)16-6-10-1-2-15-7-17-10/h1-5,7H,6H2,(H,19,20)(H2,16,18,21). The number of hydrogen-bond donors (Lipinski definition) is 3. The molecule has 1 aromatic carbocycles. The SMILES string of the molecule is O=C(NCc1ccncn1)Nc1cc(Cl)cc(C(=O)O)c1. The Bertz CT molecular complexity index is 664. The number of urea groups is 1. The maximum atomic E-state index is 11.7. The van der Waals surface area contributed by atoms with Gasteiger partial charge in [-0.05, 0) is 24.3 Å². The van der Waals surface area contributed by atoms with Crippen LogP contribution in [0.2, 0.25) is 5.02 Å². The quantitative estimate of drug-likeness (QED) is 0.803. The highest BCUT2D eigenvalue weighted by molar-refractivity contribution is 6.31. The average molecular weight is 307 g/mol. The van der Waals surface area contributed by atoms with Crippen molar-refractivity contribution in [2.75, 3.05) is 5.32 Å². The van der Waals surface area contributed by atoms with E-state index < -0.39 is 12.0 Å². The highest BCUT2D eigenvalue weighted by Crippen LogP contribution is 2.19. The van der Waals surface area contributed by atoms with Crippen LogP contribution in [0.1, 0.15) is 16.1 Å². The van der Waals surface area contributed by atoms with Crippen LogP contribution in [0.25, 0.3) is 0 Å². The molecule has 0 unspecified atom stereocenters. The number of nitrogens with zero attached hydrogens (tertiary/aromatic N) is 2. The second kappa shape index (κ2) is 6.67. The highest BCUT2D eigenvalue weighted by Gasteiger charge is 2.08. The van der Waals surface area contributed by atoms with Gasteiger partial charge >= 0.3 is 12.0 Å². The monoisotopic (exact) mass is 306 g/mol. The maximum absolute atomic E-state index is 11.7. The second-order valence-corrected chi connectivity index (χ2v) is 4.48. The third kappa shape index (κ3) is 4.43. The summed E-state index contributed by atoms with van der Waals surface area (Å²) in [5.41, 5.74) is 0.936. The molecule has 2 aromatic rings. The van der Waals surface area contributed by atoms with E-state index in [-0.39, 0.29) is 17.1 Å². The molecule has 0 fully saturated rings. The Morgan fingerprint density at radius 3 is 2.76 bits per heavy atom. The molecule has 1 aromatic heterocycles. The summed E-state index contributed by atoms with van der Waals surface area (Å²) >= 11 is 5.80. The number of hydrogen-bond acceptors (Lipinski definition) is 4. The highest BCUT2D eigenvalue weighted by atomic mass is 35.5. The molecule has 8 heteroatoms. The third-order valence-electron chi connectivity index (χ3n) is 2.48. The van der Waals surface area contributed by atoms with Crippen LogP contribution in [0, 0.1) is 0 Å². The number of rotatable bonds is 4. The minimum absolute atomic E-state index is 0.00593. The molecule has 0 saturated heterocycles. The first-order valence-electron chi connectivity index (χ1n) is 5.88. The maximum Gasteiger partial charge on any atom is 0.335 e. The van der Waals surface area contributed by atoms with Gasteiger partial charge in [0.05, 0.1) is 17.8 Å². The fraction of sp³-hybridized carbons (Fsp3) is 0.0769. The first-order valence-corrected chi connectivity index (χ1v) is 6.26. The number of carboxylic acid groups (broad SMARTS) is 1. The van der Waals surface area contributed by atoms with Crippen LogP contribution in [0.5, 0.6) is 0 Å². The van der Waals surface area contributed by atoms with Crippen molar-refractivity contribution in [3.8, 4) is 0 Å². The van der Waals surface area contributed by atoms with Crippen molar-refractivity contribution in [1.29, 1.82) is 0 Å². The van der Waals surface area contributed by atoms with E-state index in [1.165, 1.54) is 24.5 Å². The lowest BCUT2D eigenvalue weighted by Gasteiger charge is -2.08. The van der Waals surface area contributed by atoms with E-state index in [1.54, 1.807) is 12.3 Å². The van der Waals surface area contributed by atoms with E-state index in [1.807, 2.05) is 0 Å². The molecular formula is C13H11ClN4O3. The zero-order valence-corrected chi connectivity index (χ0v) is 11.5. The molecule has 0 aliphatic rings. The second-order valence-electron chi connectivity index (χ2n) is 4.04. The fourth-order valence-corrected chi connectivity index (χ4v) is 1.79. The molecule has 108 valence electrons. The number of carbonyl (C=O) groups excluding carboxylic acids is 1. The summed E-state index contributed by atoms with van der Waals surface area (Å²) in [5, 5.41) is 14.2. The molecule has 21 heavy (non-hydrogen) atoms. The van der Waals surface area contributed by atoms with Crippen LogP contribution in [0.15, 0.2) is 36.8 Å². The number of amides is 2. The van der Waals surface area contributed by atoms with Crippen molar-refractivity contribution in [3.63, 3.8) is 0 Å². The largest absolute Gasteiger partial charge is 0.478 e. The summed E-state index contributed by atoms with van der Waals surface area (Å²) in [4.78, 5) is 30.3. The van der Waals surface area contributed by atoms with E-state index in [4.69, 9.17) is 16.7 Å². The van der Waals surface area contributed by atoms with Crippen LogP contribution in [-0.4, -0.2) is 27.1 Å². The van der Waals surface area contributed by atoms with Gasteiger partial charge in [0, 0.05) is 16.9 Å². The van der Waals surface area contributed by atoms with E-state index in [0.717, 1.165) is 0 Å². The van der Waals surface area contributed by atoms with Crippen molar-refractivity contribution >= 4 is 29.3 Å². The van der Waals surface area contributed by atoms with E-state index >= 15 is 0 Å². The number of carbonyl (C=O) groups is 2. The van der Waals surface area contributed by atoms with Crippen molar-refractivity contribution in [2.24, 2.45) is 0 Å². The first-order chi connectivity index (χ1) is 10.0. The summed E-state index contributed by atoms with van der Waals surface area (Å²) in [7, 11) is 0. The molecule has 1 heterocycles. The van der Waals surface area contributed by atoms with E-state index in [9.17, 15) is 9.59 Å². The molecular weight excluding hydrogens is 296 g/mol. The Morgan fingerprint density at radius 2 is 2.10 bits per heavy atom. The minimum Gasteiger partial charge on any atom is -0.478 e. The summed E-state index contributed by atoms with van der Waals surface area (Å²) in [6.45, 7) is 0.223. The number of aromatic nitrogens is 2. The van der Waals surface area contributed by atoms with Crippen molar-refractivity contribution < 1.29 is 14.7 Å². The lowest BCUT2D eigenvalue weighted by molar-refractivity contribution is 0.0697. The number of nitrogens with one attached hydrogen (secondary N) is 2. The molecule has 3 N–H and O–H groups in total. The smallest absolute Gasteiger partial charge is 0.335 e. The van der Waals surface area contributed by atoms with Crippen LogP contribution in [0.4, 0.5) is 10.5 Å². The topological polar surface area (TPSA) is 104 Å². The summed E-state index contributed by atoms with van der Waals surface area (Å²) in [6.07, 6.45) is 2.95. The van der Waals surface area contributed by atoms with E-state index in [0.29, 0.717) is 11.4 Å². The van der Waals surface area contributed by atoms with Gasteiger partial charge < -0.3 is 15.7 Å². The average Bonchev–Trinajstić information content (AvgIpc) is 2.45. The van der Waals surface area contributed by atoms with Gasteiger partial charge in [0.25, 0.3) is 0 Å². The Labute approximate surface area is 125 Å². The number of halogens is 1.